The second-order valence-corrected chi connectivity index (χ2v) is 10.1. The molecule has 2 heterocycles. The molecule has 1 aliphatic carbocycles. The smallest absolute Gasteiger partial charge is 0.350 e. The minimum atomic E-state index is -0.675. The Bertz CT molecular complexity index is 930. The lowest BCUT2D eigenvalue weighted by Gasteiger charge is -2.46. The maximum atomic E-state index is 13.3. The van der Waals surface area contributed by atoms with E-state index in [9.17, 15) is 14.4 Å². The number of nitrogens with zero attached hydrogens (tertiary/aromatic N) is 2. The van der Waals surface area contributed by atoms with E-state index in [4.69, 9.17) is 9.47 Å². The molecule has 2 amide bonds. The van der Waals surface area contributed by atoms with E-state index in [1.54, 1.807) is 4.90 Å². The number of amides is 2. The molecule has 1 aromatic heterocycles. The number of morpholine rings is 1. The summed E-state index contributed by atoms with van der Waals surface area (Å²) in [5, 5.41) is 0. The minimum absolute atomic E-state index is 0.0288. The normalized spacial score (nSPS) is 17.8. The highest BCUT2D eigenvalue weighted by Gasteiger charge is 2.44. The van der Waals surface area contributed by atoms with Crippen molar-refractivity contribution in [1.82, 2.24) is 4.90 Å². The van der Waals surface area contributed by atoms with Crippen LogP contribution in [0, 0.1) is 17.8 Å². The molecule has 1 aliphatic heterocycles. The van der Waals surface area contributed by atoms with E-state index in [0.29, 0.717) is 54.6 Å². The van der Waals surface area contributed by atoms with E-state index in [-0.39, 0.29) is 24.2 Å². The predicted molar refractivity (Wildman–Crippen MR) is 128 cm³/mol. The van der Waals surface area contributed by atoms with Crippen molar-refractivity contribution in [1.29, 1.82) is 0 Å². The number of ether oxygens (including phenoxy) is 2. The highest BCUT2D eigenvalue weighted by atomic mass is 32.1. The van der Waals surface area contributed by atoms with Crippen LogP contribution in [0.4, 0.5) is 5.69 Å². The molecule has 0 radical (unpaired) electrons. The Kier molecular flexibility index (Phi) is 8.55. The first-order chi connectivity index (χ1) is 15.8. The van der Waals surface area contributed by atoms with Crippen molar-refractivity contribution in [3.05, 3.63) is 15.8 Å². The van der Waals surface area contributed by atoms with Gasteiger partial charge in [0.2, 0.25) is 11.8 Å². The second kappa shape index (κ2) is 11.2. The van der Waals surface area contributed by atoms with E-state index in [1.165, 1.54) is 25.4 Å². The van der Waals surface area contributed by atoms with Gasteiger partial charge in [0.05, 0.1) is 42.8 Å². The zero-order chi connectivity index (χ0) is 24.0. The minimum Gasteiger partial charge on any atom is -0.465 e. The van der Waals surface area contributed by atoms with Crippen molar-refractivity contribution in [2.45, 2.75) is 64.8 Å². The Morgan fingerprint density at radius 3 is 2.45 bits per heavy atom. The fraction of sp³-hybridized carbons (Fsp3) is 0.640. The molecule has 0 N–H and O–H groups in total. The van der Waals surface area contributed by atoms with Crippen LogP contribution in [0.5, 0.6) is 0 Å². The first-order valence-corrected chi connectivity index (χ1v) is 12.5. The SMILES string of the molecule is COC(=O)c1sc(C#CC(C)C)cc1N(C(C)=O)C1(CC(=O)N2CCOCC2)CCCCC1. The van der Waals surface area contributed by atoms with Gasteiger partial charge in [-0.3, -0.25) is 9.59 Å². The number of carbonyl (C=O) groups excluding carboxylic acids is 3. The molecule has 0 spiro atoms. The van der Waals surface area contributed by atoms with Crippen molar-refractivity contribution >= 4 is 34.8 Å². The van der Waals surface area contributed by atoms with Gasteiger partial charge in [-0.25, -0.2) is 4.79 Å². The van der Waals surface area contributed by atoms with Gasteiger partial charge >= 0.3 is 5.97 Å². The maximum absolute atomic E-state index is 13.3. The van der Waals surface area contributed by atoms with Crippen LogP contribution in [0.1, 0.15) is 73.8 Å². The Morgan fingerprint density at radius 2 is 1.88 bits per heavy atom. The van der Waals surface area contributed by atoms with Crippen LogP contribution in [0.15, 0.2) is 6.07 Å². The van der Waals surface area contributed by atoms with Gasteiger partial charge < -0.3 is 19.3 Å². The third-order valence-electron chi connectivity index (χ3n) is 6.23. The second-order valence-electron chi connectivity index (χ2n) is 9.05. The number of rotatable bonds is 5. The topological polar surface area (TPSA) is 76.2 Å². The molecule has 7 nitrogen and oxygen atoms in total. The molecule has 1 saturated heterocycles. The molecule has 2 aliphatic rings. The fourth-order valence-corrected chi connectivity index (χ4v) is 5.64. The highest BCUT2D eigenvalue weighted by Crippen LogP contribution is 2.43. The highest BCUT2D eigenvalue weighted by molar-refractivity contribution is 7.15. The van der Waals surface area contributed by atoms with E-state index in [1.807, 2.05) is 24.8 Å². The third kappa shape index (κ3) is 5.96. The number of hydrogen-bond donors (Lipinski definition) is 0. The lowest BCUT2D eigenvalue weighted by molar-refractivity contribution is -0.137. The maximum Gasteiger partial charge on any atom is 0.350 e. The lowest BCUT2D eigenvalue weighted by atomic mass is 9.77. The van der Waals surface area contributed by atoms with Gasteiger partial charge in [0.25, 0.3) is 0 Å². The summed E-state index contributed by atoms with van der Waals surface area (Å²) >= 11 is 1.24. The Labute approximate surface area is 200 Å². The summed E-state index contributed by atoms with van der Waals surface area (Å²) in [4.78, 5) is 43.7. The van der Waals surface area contributed by atoms with Crippen LogP contribution in [0.3, 0.4) is 0 Å². The standard InChI is InChI=1S/C25H34N2O5S/c1-18(2)8-9-20-16-21(23(33-20)24(30)31-4)27(19(3)28)25(10-6-5-7-11-25)17-22(29)26-12-14-32-15-13-26/h16,18H,5-7,10-15,17H2,1-4H3. The summed E-state index contributed by atoms with van der Waals surface area (Å²) in [6, 6.07) is 1.81. The molecule has 180 valence electrons. The lowest BCUT2D eigenvalue weighted by Crippen LogP contribution is -2.56. The van der Waals surface area contributed by atoms with Crippen LogP contribution < -0.4 is 4.90 Å². The van der Waals surface area contributed by atoms with Crippen molar-refractivity contribution in [2.24, 2.45) is 5.92 Å². The van der Waals surface area contributed by atoms with E-state index < -0.39 is 11.5 Å². The summed E-state index contributed by atoms with van der Waals surface area (Å²) in [6.07, 6.45) is 4.59. The van der Waals surface area contributed by atoms with Crippen LogP contribution in [-0.2, 0) is 19.1 Å². The molecule has 2 fully saturated rings. The van der Waals surface area contributed by atoms with Gasteiger partial charge in [0, 0.05) is 25.9 Å². The molecule has 33 heavy (non-hydrogen) atoms. The molecule has 0 unspecified atom stereocenters. The average molecular weight is 475 g/mol. The van der Waals surface area contributed by atoms with Crippen LogP contribution in [0.2, 0.25) is 0 Å². The first-order valence-electron chi connectivity index (χ1n) is 11.7. The van der Waals surface area contributed by atoms with E-state index >= 15 is 0 Å². The molecule has 0 atom stereocenters. The predicted octanol–water partition coefficient (Wildman–Crippen LogP) is 3.85. The summed E-state index contributed by atoms with van der Waals surface area (Å²) in [5.74, 6) is 5.77. The molecular weight excluding hydrogens is 440 g/mol. The average Bonchev–Trinajstić information content (AvgIpc) is 3.21. The van der Waals surface area contributed by atoms with Crippen molar-refractivity contribution < 1.29 is 23.9 Å². The number of esters is 1. The Morgan fingerprint density at radius 1 is 1.21 bits per heavy atom. The largest absolute Gasteiger partial charge is 0.465 e. The summed E-state index contributed by atoms with van der Waals surface area (Å²) in [6.45, 7) is 7.70. The molecule has 0 aromatic carbocycles. The zero-order valence-corrected chi connectivity index (χ0v) is 20.9. The number of anilines is 1. The summed E-state index contributed by atoms with van der Waals surface area (Å²) in [5.41, 5.74) is -0.171. The van der Waals surface area contributed by atoms with Crippen LogP contribution >= 0.6 is 11.3 Å². The summed E-state index contributed by atoms with van der Waals surface area (Å²) < 4.78 is 10.4. The van der Waals surface area contributed by atoms with Crippen molar-refractivity contribution in [2.75, 3.05) is 38.3 Å². The molecule has 1 saturated carbocycles. The van der Waals surface area contributed by atoms with Crippen molar-refractivity contribution in [3.63, 3.8) is 0 Å². The first kappa shape index (κ1) is 25.3. The molecule has 3 rings (SSSR count). The summed E-state index contributed by atoms with van der Waals surface area (Å²) in [7, 11) is 1.34. The number of hydrogen-bond acceptors (Lipinski definition) is 6. The number of methoxy groups -OCH3 is 1. The monoisotopic (exact) mass is 474 g/mol. The van der Waals surface area contributed by atoms with Gasteiger partial charge in [-0.1, -0.05) is 45.0 Å². The van der Waals surface area contributed by atoms with Gasteiger partial charge in [-0.15, -0.1) is 11.3 Å². The molecular formula is C25H34N2O5S. The van der Waals surface area contributed by atoms with Gasteiger partial charge in [0.15, 0.2) is 0 Å². The van der Waals surface area contributed by atoms with Gasteiger partial charge in [0.1, 0.15) is 4.88 Å². The Hall–Kier alpha value is -2.37. The molecule has 1 aromatic rings. The van der Waals surface area contributed by atoms with Gasteiger partial charge in [-0.05, 0) is 18.9 Å². The van der Waals surface area contributed by atoms with Gasteiger partial charge in [-0.2, -0.15) is 0 Å². The zero-order valence-electron chi connectivity index (χ0n) is 20.1. The Balaban J connectivity index is 2.05. The van der Waals surface area contributed by atoms with Crippen molar-refractivity contribution in [3.8, 4) is 11.8 Å². The fourth-order valence-electron chi connectivity index (χ4n) is 4.72. The van der Waals surface area contributed by atoms with E-state index in [2.05, 4.69) is 11.8 Å². The van der Waals surface area contributed by atoms with Crippen LogP contribution in [-0.4, -0.2) is 61.6 Å². The molecule has 0 bridgehead atoms. The third-order valence-corrected chi connectivity index (χ3v) is 7.25. The van der Waals surface area contributed by atoms with E-state index in [0.717, 1.165) is 19.3 Å². The number of thiophene rings is 1. The van der Waals surface area contributed by atoms with Crippen LogP contribution in [0.25, 0.3) is 0 Å². The molecule has 8 heteroatoms. The number of carbonyl (C=O) groups is 3. The quantitative estimate of drug-likeness (QED) is 0.479.